The number of H-pyrrole nitrogens is 1. The zero-order valence-electron chi connectivity index (χ0n) is 15.9. The van der Waals surface area contributed by atoms with Crippen molar-refractivity contribution in [2.24, 2.45) is 11.8 Å². The molecule has 29 heavy (non-hydrogen) atoms. The lowest BCUT2D eigenvalue weighted by molar-refractivity contribution is -0.137. The zero-order chi connectivity index (χ0) is 20.0. The van der Waals surface area contributed by atoms with Crippen LogP contribution in [0.4, 0.5) is 0 Å². The van der Waals surface area contributed by atoms with Crippen LogP contribution in [-0.2, 0) is 11.3 Å². The summed E-state index contributed by atoms with van der Waals surface area (Å²) >= 11 is 0. The molecule has 0 spiro atoms. The second-order valence-corrected chi connectivity index (χ2v) is 8.01. The molecule has 2 N–H and O–H groups in total. The van der Waals surface area contributed by atoms with Crippen LogP contribution >= 0.6 is 0 Å². The van der Waals surface area contributed by atoms with Crippen LogP contribution in [0.1, 0.15) is 43.8 Å². The minimum Gasteiger partial charge on any atom is -0.481 e. The molecule has 0 aliphatic heterocycles. The van der Waals surface area contributed by atoms with Crippen LogP contribution in [0.3, 0.4) is 0 Å². The quantitative estimate of drug-likeness (QED) is 0.664. The second kappa shape index (κ2) is 7.02. The number of carboxylic acids is 1. The molecular weight excluding hydrogens is 372 g/mol. The molecule has 2 fully saturated rings. The van der Waals surface area contributed by atoms with Crippen molar-refractivity contribution in [3.8, 4) is 11.8 Å². The van der Waals surface area contributed by atoms with Crippen molar-refractivity contribution < 1.29 is 14.6 Å². The number of ether oxygens (including phenoxy) is 1. The number of carboxylic acid groups (broad SMARTS) is 1. The number of imidazole rings is 1. The molecule has 3 atom stereocenters. The number of aromatic nitrogens is 4. The molecule has 3 aromatic rings. The first kappa shape index (κ1) is 17.9. The van der Waals surface area contributed by atoms with Gasteiger partial charge in [-0.25, -0.2) is 4.98 Å². The van der Waals surface area contributed by atoms with Crippen molar-refractivity contribution in [3.05, 3.63) is 46.5 Å². The van der Waals surface area contributed by atoms with E-state index < -0.39 is 5.97 Å². The second-order valence-electron chi connectivity index (χ2n) is 8.01. The summed E-state index contributed by atoms with van der Waals surface area (Å²) in [5.41, 5.74) is 0.281. The van der Waals surface area contributed by atoms with Crippen molar-refractivity contribution >= 4 is 17.1 Å². The average molecular weight is 394 g/mol. The molecule has 150 valence electrons. The summed E-state index contributed by atoms with van der Waals surface area (Å²) in [7, 11) is 0. The number of aromatic amines is 1. The Morgan fingerprint density at radius 3 is 2.72 bits per heavy atom. The van der Waals surface area contributed by atoms with E-state index in [1.807, 2.05) is 18.2 Å². The summed E-state index contributed by atoms with van der Waals surface area (Å²) in [6.45, 7) is -0.0260. The number of hydrogen-bond acceptors (Lipinski definition) is 5. The Morgan fingerprint density at radius 1 is 1.21 bits per heavy atom. The van der Waals surface area contributed by atoms with Gasteiger partial charge in [0.2, 0.25) is 0 Å². The molecule has 8 heteroatoms. The lowest BCUT2D eigenvalue weighted by Gasteiger charge is -2.18. The van der Waals surface area contributed by atoms with Crippen molar-refractivity contribution in [2.75, 3.05) is 0 Å². The van der Waals surface area contributed by atoms with E-state index in [-0.39, 0.29) is 24.5 Å². The molecule has 2 saturated carbocycles. The highest BCUT2D eigenvalue weighted by molar-refractivity contribution is 5.70. The number of nitrogens with zero attached hydrogens (tertiary/aromatic N) is 3. The Balaban J connectivity index is 1.56. The minimum atomic E-state index is -0.991. The fourth-order valence-corrected chi connectivity index (χ4v) is 4.82. The monoisotopic (exact) mass is 394 g/mol. The summed E-state index contributed by atoms with van der Waals surface area (Å²) in [6.07, 6.45) is 4.64. The highest BCUT2D eigenvalue weighted by Crippen LogP contribution is 2.52. The van der Waals surface area contributed by atoms with Gasteiger partial charge >= 0.3 is 12.0 Å². The molecule has 3 unspecified atom stereocenters. The van der Waals surface area contributed by atoms with Crippen LogP contribution in [0.15, 0.2) is 35.1 Å². The topological polar surface area (TPSA) is 110 Å². The third-order valence-corrected chi connectivity index (χ3v) is 6.19. The molecule has 0 amide bonds. The summed E-state index contributed by atoms with van der Waals surface area (Å²) in [5.74, 6) is 2.07. The molecule has 8 nitrogen and oxygen atoms in total. The summed E-state index contributed by atoms with van der Waals surface area (Å²) < 4.78 is 7.09. The Labute approximate surface area is 166 Å². The molecule has 2 aliphatic rings. The van der Waals surface area contributed by atoms with Gasteiger partial charge in [-0.15, -0.1) is 0 Å². The third-order valence-electron chi connectivity index (χ3n) is 6.19. The lowest BCUT2D eigenvalue weighted by Crippen LogP contribution is -2.24. The molecule has 2 bridgehead atoms. The highest BCUT2D eigenvalue weighted by atomic mass is 16.5. The van der Waals surface area contributed by atoms with E-state index in [0.29, 0.717) is 28.7 Å². The Bertz CT molecular complexity index is 1120. The van der Waals surface area contributed by atoms with Crippen molar-refractivity contribution in [1.82, 2.24) is 19.5 Å². The minimum absolute atomic E-state index is 0.0260. The van der Waals surface area contributed by atoms with Gasteiger partial charge in [-0.05, 0) is 43.2 Å². The van der Waals surface area contributed by atoms with E-state index in [4.69, 9.17) is 9.84 Å². The Hall–Kier alpha value is -3.16. The summed E-state index contributed by atoms with van der Waals surface area (Å²) in [4.78, 5) is 36.5. The van der Waals surface area contributed by atoms with Crippen LogP contribution in [0.2, 0.25) is 0 Å². The van der Waals surface area contributed by atoms with Crippen molar-refractivity contribution in [1.29, 1.82) is 0 Å². The van der Waals surface area contributed by atoms with Gasteiger partial charge in [-0.3, -0.25) is 14.2 Å². The number of aliphatic carboxylic acids is 1. The zero-order valence-corrected chi connectivity index (χ0v) is 15.9. The molecule has 0 saturated heterocycles. The summed E-state index contributed by atoms with van der Waals surface area (Å²) in [6, 6.07) is 9.05. The largest absolute Gasteiger partial charge is 0.481 e. The van der Waals surface area contributed by atoms with Gasteiger partial charge in [0.25, 0.3) is 5.56 Å². The van der Waals surface area contributed by atoms with E-state index in [1.165, 1.54) is 23.8 Å². The van der Waals surface area contributed by atoms with Gasteiger partial charge in [0.1, 0.15) is 11.6 Å². The van der Waals surface area contributed by atoms with Crippen LogP contribution in [-0.4, -0.2) is 30.6 Å². The van der Waals surface area contributed by atoms with E-state index in [9.17, 15) is 9.59 Å². The lowest BCUT2D eigenvalue weighted by atomic mass is 9.88. The first-order valence-corrected chi connectivity index (χ1v) is 10.0. The van der Waals surface area contributed by atoms with Crippen LogP contribution in [0.5, 0.6) is 11.8 Å². The maximum atomic E-state index is 13.1. The number of para-hydroxylation sites is 1. The van der Waals surface area contributed by atoms with E-state index >= 15 is 0 Å². The maximum absolute atomic E-state index is 13.1. The molecule has 5 rings (SSSR count). The van der Waals surface area contributed by atoms with Crippen LogP contribution in [0, 0.1) is 11.8 Å². The van der Waals surface area contributed by atoms with Crippen molar-refractivity contribution in [3.63, 3.8) is 0 Å². The predicted molar refractivity (Wildman–Crippen MR) is 105 cm³/mol. The van der Waals surface area contributed by atoms with Crippen LogP contribution in [0.25, 0.3) is 11.2 Å². The molecule has 2 heterocycles. The predicted octanol–water partition coefficient (Wildman–Crippen LogP) is 3.29. The number of fused-ring (bicyclic) bond motifs is 3. The normalized spacial score (nSPS) is 23.0. The van der Waals surface area contributed by atoms with Gasteiger partial charge in [-0.2, -0.15) is 4.98 Å². The number of carbonyl (C=O) groups is 1. The van der Waals surface area contributed by atoms with Gasteiger partial charge < -0.3 is 14.8 Å². The highest BCUT2D eigenvalue weighted by Gasteiger charge is 2.41. The Kier molecular flexibility index (Phi) is 4.34. The fraction of sp³-hybridized carbons (Fsp3) is 0.429. The smallest absolute Gasteiger partial charge is 0.306 e. The van der Waals surface area contributed by atoms with Gasteiger partial charge in [-0.1, -0.05) is 24.6 Å². The van der Waals surface area contributed by atoms with E-state index in [2.05, 4.69) is 15.0 Å². The Morgan fingerprint density at radius 2 is 2.03 bits per heavy atom. The molecule has 2 aromatic heterocycles. The van der Waals surface area contributed by atoms with E-state index in [0.717, 1.165) is 18.2 Å². The first-order valence-electron chi connectivity index (χ1n) is 10.0. The standard InChI is InChI=1S/C21H22N4O4/c26-16(27)8-9-25-20(28)17-19(24-21(25)29-14-4-2-1-3-5-14)23-18(22-17)15-11-12-6-7-13(15)10-12/h1-5,12-13,15H,6-11H2,(H,22,23)(H,26,27). The first-order chi connectivity index (χ1) is 14.1. The summed E-state index contributed by atoms with van der Waals surface area (Å²) in [5, 5.41) is 9.07. The number of rotatable bonds is 6. The number of hydrogen-bond donors (Lipinski definition) is 2. The number of benzene rings is 1. The van der Waals surface area contributed by atoms with Crippen LogP contribution < -0.4 is 10.3 Å². The maximum Gasteiger partial charge on any atom is 0.306 e. The van der Waals surface area contributed by atoms with Gasteiger partial charge in [0.15, 0.2) is 11.2 Å². The van der Waals surface area contributed by atoms with Gasteiger partial charge in [0.05, 0.1) is 6.42 Å². The SMILES string of the molecule is O=C(O)CCn1c(Oc2ccccc2)nc2nc(C3CC4CCC3C4)[nH]c2c1=O. The molecule has 1 aromatic carbocycles. The molecule has 0 radical (unpaired) electrons. The van der Waals surface area contributed by atoms with E-state index in [1.54, 1.807) is 12.1 Å². The van der Waals surface area contributed by atoms with Crippen molar-refractivity contribution in [2.45, 2.75) is 44.6 Å². The third kappa shape index (κ3) is 3.28. The molecular formula is C21H22N4O4. The molecule has 2 aliphatic carbocycles. The van der Waals surface area contributed by atoms with Gasteiger partial charge in [0, 0.05) is 12.5 Å². The average Bonchev–Trinajstić information content (AvgIpc) is 3.43. The fourth-order valence-electron chi connectivity index (χ4n) is 4.82. The number of nitrogens with one attached hydrogen (secondary N) is 1.